The van der Waals surface area contributed by atoms with Crippen LogP contribution in [0.25, 0.3) is 0 Å². The zero-order valence-electron chi connectivity index (χ0n) is 13.3. The molecule has 0 unspecified atom stereocenters. The van der Waals surface area contributed by atoms with E-state index in [2.05, 4.69) is 5.32 Å². The fraction of sp³-hybridized carbons (Fsp3) is 0.500. The molecule has 0 aliphatic heterocycles. The lowest BCUT2D eigenvalue weighted by Crippen LogP contribution is -2.41. The van der Waals surface area contributed by atoms with E-state index in [0.717, 1.165) is 0 Å². The Labute approximate surface area is 126 Å². The Kier molecular flexibility index (Phi) is 5.90. The van der Waals surface area contributed by atoms with Gasteiger partial charge in [0.25, 0.3) is 5.91 Å². The van der Waals surface area contributed by atoms with Gasteiger partial charge in [-0.2, -0.15) is 0 Å². The van der Waals surface area contributed by atoms with Crippen molar-refractivity contribution in [3.8, 4) is 0 Å². The van der Waals surface area contributed by atoms with Crippen LogP contribution >= 0.6 is 0 Å². The highest BCUT2D eigenvalue weighted by Crippen LogP contribution is 2.27. The average Bonchev–Trinajstić information content (AvgIpc) is 2.49. The van der Waals surface area contributed by atoms with Gasteiger partial charge >= 0.3 is 0 Å². The van der Waals surface area contributed by atoms with Gasteiger partial charge in [-0.15, -0.1) is 0 Å². The maximum absolute atomic E-state index is 12.5. The van der Waals surface area contributed by atoms with Gasteiger partial charge in [0.1, 0.15) is 0 Å². The molecular weight excluding hydrogens is 266 g/mol. The third kappa shape index (κ3) is 3.82. The molecular formula is C16H25N3O2. The predicted molar refractivity (Wildman–Crippen MR) is 85.2 cm³/mol. The maximum Gasteiger partial charge on any atom is 0.253 e. The molecule has 116 valence electrons. The minimum atomic E-state index is -0.554. The second kappa shape index (κ2) is 7.22. The number of carbonyl (C=O) groups excluding carboxylic acids is 2. The molecule has 5 heteroatoms. The van der Waals surface area contributed by atoms with Gasteiger partial charge < -0.3 is 16.0 Å². The lowest BCUT2D eigenvalue weighted by atomic mass is 9.81. The van der Waals surface area contributed by atoms with Crippen LogP contribution in [0.15, 0.2) is 24.3 Å². The van der Waals surface area contributed by atoms with E-state index in [0.29, 0.717) is 30.6 Å². The Morgan fingerprint density at radius 3 is 2.33 bits per heavy atom. The van der Waals surface area contributed by atoms with E-state index in [-0.39, 0.29) is 11.8 Å². The van der Waals surface area contributed by atoms with E-state index in [4.69, 9.17) is 5.73 Å². The molecule has 0 atom stereocenters. The zero-order chi connectivity index (χ0) is 16.0. The molecule has 0 fully saturated rings. The molecule has 5 nitrogen and oxygen atoms in total. The van der Waals surface area contributed by atoms with Crippen LogP contribution in [0, 0.1) is 5.41 Å². The van der Waals surface area contributed by atoms with Crippen molar-refractivity contribution in [2.75, 3.05) is 26.0 Å². The summed E-state index contributed by atoms with van der Waals surface area (Å²) >= 11 is 0. The molecule has 0 spiro atoms. The summed E-state index contributed by atoms with van der Waals surface area (Å²) < 4.78 is 0. The molecule has 0 aliphatic carbocycles. The number of nitrogens with two attached hydrogens (primary N) is 1. The van der Waals surface area contributed by atoms with Crippen molar-refractivity contribution in [2.45, 2.75) is 26.7 Å². The summed E-state index contributed by atoms with van der Waals surface area (Å²) in [6, 6.07) is 6.95. The first-order valence-electron chi connectivity index (χ1n) is 7.23. The summed E-state index contributed by atoms with van der Waals surface area (Å²) in [5.41, 5.74) is 6.39. The highest BCUT2D eigenvalue weighted by atomic mass is 16.2. The van der Waals surface area contributed by atoms with Crippen LogP contribution in [0.3, 0.4) is 0 Å². The minimum absolute atomic E-state index is 0.0931. The summed E-state index contributed by atoms with van der Waals surface area (Å²) in [6.45, 7) is 4.23. The molecule has 0 aliphatic rings. The van der Waals surface area contributed by atoms with E-state index in [1.165, 1.54) is 4.90 Å². The van der Waals surface area contributed by atoms with E-state index < -0.39 is 5.41 Å². The van der Waals surface area contributed by atoms with E-state index in [9.17, 15) is 9.59 Å². The molecule has 0 aromatic heterocycles. The SMILES string of the molecule is CCC(CC)(CN)C(=O)Nc1cccc(C(=O)N(C)C)c1. The Morgan fingerprint density at radius 2 is 1.86 bits per heavy atom. The Hall–Kier alpha value is -1.88. The van der Waals surface area contributed by atoms with Crippen LogP contribution < -0.4 is 11.1 Å². The summed E-state index contributed by atoms with van der Waals surface area (Å²) in [5.74, 6) is -0.188. The van der Waals surface area contributed by atoms with Gasteiger partial charge in [-0.1, -0.05) is 19.9 Å². The van der Waals surface area contributed by atoms with Crippen molar-refractivity contribution >= 4 is 17.5 Å². The molecule has 1 aromatic carbocycles. The van der Waals surface area contributed by atoms with Gasteiger partial charge in [0, 0.05) is 31.9 Å². The number of carbonyl (C=O) groups is 2. The molecule has 0 heterocycles. The quantitative estimate of drug-likeness (QED) is 0.842. The second-order valence-electron chi connectivity index (χ2n) is 5.43. The van der Waals surface area contributed by atoms with Crippen LogP contribution in [0.4, 0.5) is 5.69 Å². The molecule has 21 heavy (non-hydrogen) atoms. The topological polar surface area (TPSA) is 75.4 Å². The maximum atomic E-state index is 12.5. The Morgan fingerprint density at radius 1 is 1.24 bits per heavy atom. The molecule has 1 rings (SSSR count). The van der Waals surface area contributed by atoms with Gasteiger partial charge in [-0.05, 0) is 31.0 Å². The number of nitrogens with zero attached hydrogens (tertiary/aromatic N) is 1. The van der Waals surface area contributed by atoms with E-state index in [1.54, 1.807) is 38.4 Å². The summed E-state index contributed by atoms with van der Waals surface area (Å²) in [5, 5.41) is 2.88. The highest BCUT2D eigenvalue weighted by molar-refractivity contribution is 5.98. The number of nitrogens with one attached hydrogen (secondary N) is 1. The van der Waals surface area contributed by atoms with Crippen molar-refractivity contribution in [3.63, 3.8) is 0 Å². The molecule has 3 N–H and O–H groups in total. The lowest BCUT2D eigenvalue weighted by molar-refractivity contribution is -0.125. The molecule has 1 aromatic rings. The monoisotopic (exact) mass is 291 g/mol. The normalized spacial score (nSPS) is 11.1. The number of benzene rings is 1. The smallest absolute Gasteiger partial charge is 0.253 e. The number of hydrogen-bond donors (Lipinski definition) is 2. The molecule has 2 amide bonds. The van der Waals surface area contributed by atoms with Crippen molar-refractivity contribution in [3.05, 3.63) is 29.8 Å². The summed E-state index contributed by atoms with van der Waals surface area (Å²) in [7, 11) is 3.39. The molecule has 0 bridgehead atoms. The number of anilines is 1. The molecule has 0 saturated heterocycles. The lowest BCUT2D eigenvalue weighted by Gasteiger charge is -2.28. The largest absolute Gasteiger partial charge is 0.345 e. The van der Waals surface area contributed by atoms with Crippen LogP contribution in [0.2, 0.25) is 0 Å². The number of hydrogen-bond acceptors (Lipinski definition) is 3. The van der Waals surface area contributed by atoms with Gasteiger partial charge in [0.2, 0.25) is 5.91 Å². The average molecular weight is 291 g/mol. The fourth-order valence-electron chi connectivity index (χ4n) is 2.20. The van der Waals surface area contributed by atoms with Gasteiger partial charge in [0.15, 0.2) is 0 Å². The Bertz CT molecular complexity index is 500. The van der Waals surface area contributed by atoms with E-state index in [1.807, 2.05) is 13.8 Å². The van der Waals surface area contributed by atoms with Crippen LogP contribution in [-0.2, 0) is 4.79 Å². The standard InChI is InChI=1S/C16H25N3O2/c1-5-16(6-2,11-17)15(21)18-13-9-7-8-12(10-13)14(20)19(3)4/h7-10H,5-6,11,17H2,1-4H3,(H,18,21). The third-order valence-electron chi connectivity index (χ3n) is 4.00. The van der Waals surface area contributed by atoms with Crippen molar-refractivity contribution in [2.24, 2.45) is 11.1 Å². The van der Waals surface area contributed by atoms with Crippen molar-refractivity contribution < 1.29 is 9.59 Å². The van der Waals surface area contributed by atoms with Gasteiger partial charge in [-0.25, -0.2) is 0 Å². The first-order chi connectivity index (χ1) is 9.90. The minimum Gasteiger partial charge on any atom is -0.345 e. The van der Waals surface area contributed by atoms with Gasteiger partial charge in [0.05, 0.1) is 5.41 Å². The van der Waals surface area contributed by atoms with Crippen LogP contribution in [-0.4, -0.2) is 37.4 Å². The first-order valence-corrected chi connectivity index (χ1v) is 7.23. The summed E-state index contributed by atoms with van der Waals surface area (Å²) in [6.07, 6.45) is 1.37. The van der Waals surface area contributed by atoms with Crippen LogP contribution in [0.5, 0.6) is 0 Å². The highest BCUT2D eigenvalue weighted by Gasteiger charge is 2.33. The first kappa shape index (κ1) is 17.2. The van der Waals surface area contributed by atoms with Crippen molar-refractivity contribution in [1.29, 1.82) is 0 Å². The molecule has 0 radical (unpaired) electrons. The Balaban J connectivity index is 2.96. The molecule has 0 saturated carbocycles. The second-order valence-corrected chi connectivity index (χ2v) is 5.43. The number of rotatable bonds is 6. The van der Waals surface area contributed by atoms with E-state index >= 15 is 0 Å². The fourth-order valence-corrected chi connectivity index (χ4v) is 2.20. The predicted octanol–water partition coefficient (Wildman–Crippen LogP) is 2.09. The van der Waals surface area contributed by atoms with Crippen LogP contribution in [0.1, 0.15) is 37.0 Å². The third-order valence-corrected chi connectivity index (χ3v) is 4.00. The van der Waals surface area contributed by atoms with Crippen molar-refractivity contribution in [1.82, 2.24) is 4.90 Å². The number of amides is 2. The van der Waals surface area contributed by atoms with Gasteiger partial charge in [-0.3, -0.25) is 9.59 Å². The summed E-state index contributed by atoms with van der Waals surface area (Å²) in [4.78, 5) is 25.9. The zero-order valence-corrected chi connectivity index (χ0v) is 13.3.